The average Bonchev–Trinajstić information content (AvgIpc) is 2.48. The van der Waals surface area contributed by atoms with Gasteiger partial charge in [-0.25, -0.2) is 0 Å². The number of hydrogen-bond donors (Lipinski definition) is 0. The van der Waals surface area contributed by atoms with E-state index in [0.29, 0.717) is 0 Å². The van der Waals surface area contributed by atoms with E-state index >= 15 is 0 Å². The van der Waals surface area contributed by atoms with Gasteiger partial charge in [0, 0.05) is 16.7 Å². The standard InChI is InChI=1S/C19H23NS/c1-7-11-13-18(12-8-2)19(17(6)21-10-4)20-15-14-16(5)9-3/h7-16H,1-4,6H2,5H3/b13-11-,15-14-,18-12+,20-19+. The van der Waals surface area contributed by atoms with Gasteiger partial charge >= 0.3 is 0 Å². The molecular formula is C19H23NS. The van der Waals surface area contributed by atoms with Crippen LogP contribution in [0, 0.1) is 5.92 Å². The molecule has 0 saturated heterocycles. The molecule has 110 valence electrons. The maximum atomic E-state index is 4.52. The monoisotopic (exact) mass is 297 g/mol. The molecule has 0 heterocycles. The summed E-state index contributed by atoms with van der Waals surface area (Å²) in [6.45, 7) is 21.0. The SMILES string of the molecule is C=C\C=C/C(=C\C=C)C(=N/C=C\C(C)C=C)/C(=C)SC=C. The first-order valence-corrected chi connectivity index (χ1v) is 7.44. The average molecular weight is 297 g/mol. The highest BCUT2D eigenvalue weighted by Gasteiger charge is 2.07. The summed E-state index contributed by atoms with van der Waals surface area (Å²) in [4.78, 5) is 5.34. The predicted molar refractivity (Wildman–Crippen MR) is 100 cm³/mol. The lowest BCUT2D eigenvalue weighted by atomic mass is 10.1. The third-order valence-electron chi connectivity index (χ3n) is 2.44. The fourth-order valence-electron chi connectivity index (χ4n) is 1.31. The summed E-state index contributed by atoms with van der Waals surface area (Å²) in [5, 5.41) is 1.73. The van der Waals surface area contributed by atoms with Crippen molar-refractivity contribution in [3.8, 4) is 0 Å². The molecule has 0 aromatic rings. The van der Waals surface area contributed by atoms with Crippen LogP contribution in [0.3, 0.4) is 0 Å². The van der Waals surface area contributed by atoms with Crippen LogP contribution < -0.4 is 0 Å². The second-order valence-corrected chi connectivity index (χ2v) is 5.14. The second-order valence-electron chi connectivity index (χ2n) is 4.07. The van der Waals surface area contributed by atoms with Gasteiger partial charge in [-0.05, 0) is 11.3 Å². The van der Waals surface area contributed by atoms with Gasteiger partial charge in [0.1, 0.15) is 0 Å². The van der Waals surface area contributed by atoms with Gasteiger partial charge in [0.2, 0.25) is 0 Å². The lowest BCUT2D eigenvalue weighted by Crippen LogP contribution is -2.01. The van der Waals surface area contributed by atoms with Crippen LogP contribution in [0.2, 0.25) is 0 Å². The third kappa shape index (κ3) is 7.95. The number of thioether (sulfide) groups is 1. The van der Waals surface area contributed by atoms with E-state index < -0.39 is 0 Å². The fraction of sp³-hybridized carbons (Fsp3) is 0.105. The van der Waals surface area contributed by atoms with Crippen LogP contribution in [0.15, 0.2) is 103 Å². The summed E-state index contributed by atoms with van der Waals surface area (Å²) in [5.74, 6) is 0.269. The zero-order valence-corrected chi connectivity index (χ0v) is 13.5. The Morgan fingerprint density at radius 3 is 2.38 bits per heavy atom. The second kappa shape index (κ2) is 11.7. The van der Waals surface area contributed by atoms with Crippen LogP contribution in [-0.4, -0.2) is 5.71 Å². The van der Waals surface area contributed by atoms with Crippen LogP contribution in [0.5, 0.6) is 0 Å². The maximum absolute atomic E-state index is 4.52. The van der Waals surface area contributed by atoms with Crippen molar-refractivity contribution in [2.24, 2.45) is 10.9 Å². The summed E-state index contributed by atoms with van der Waals surface area (Å²) in [6.07, 6.45) is 14.7. The van der Waals surface area contributed by atoms with E-state index in [1.165, 1.54) is 11.8 Å². The van der Waals surface area contributed by atoms with Gasteiger partial charge < -0.3 is 0 Å². The molecule has 0 aromatic heterocycles. The van der Waals surface area contributed by atoms with E-state index in [-0.39, 0.29) is 5.92 Å². The maximum Gasteiger partial charge on any atom is 0.0834 e. The summed E-state index contributed by atoms with van der Waals surface area (Å²) < 4.78 is 0. The van der Waals surface area contributed by atoms with Crippen molar-refractivity contribution in [1.29, 1.82) is 0 Å². The molecule has 21 heavy (non-hydrogen) atoms. The molecule has 1 nitrogen and oxygen atoms in total. The highest BCUT2D eigenvalue weighted by molar-refractivity contribution is 8.06. The fourth-order valence-corrected chi connectivity index (χ4v) is 1.79. The number of rotatable bonds is 10. The number of allylic oxidation sites excluding steroid dienone is 9. The third-order valence-corrected chi connectivity index (χ3v) is 3.08. The Morgan fingerprint density at radius 2 is 1.86 bits per heavy atom. The van der Waals surface area contributed by atoms with Crippen molar-refractivity contribution >= 4 is 17.5 Å². The van der Waals surface area contributed by atoms with Crippen LogP contribution >= 0.6 is 11.8 Å². The van der Waals surface area contributed by atoms with Crippen molar-refractivity contribution in [2.45, 2.75) is 6.92 Å². The first-order chi connectivity index (χ1) is 10.1. The van der Waals surface area contributed by atoms with E-state index in [9.17, 15) is 0 Å². The molecule has 0 spiro atoms. The van der Waals surface area contributed by atoms with Crippen molar-refractivity contribution in [1.82, 2.24) is 0 Å². The van der Waals surface area contributed by atoms with Crippen molar-refractivity contribution < 1.29 is 0 Å². The van der Waals surface area contributed by atoms with Gasteiger partial charge in [-0.3, -0.25) is 4.99 Å². The van der Waals surface area contributed by atoms with E-state index in [1.54, 1.807) is 23.8 Å². The Bertz CT molecular complexity index is 516. The largest absolute Gasteiger partial charge is 0.255 e. The highest BCUT2D eigenvalue weighted by Crippen LogP contribution is 2.21. The zero-order chi connectivity index (χ0) is 16.1. The van der Waals surface area contributed by atoms with Crippen molar-refractivity contribution in [3.63, 3.8) is 0 Å². The van der Waals surface area contributed by atoms with E-state index in [0.717, 1.165) is 16.2 Å². The molecule has 1 atom stereocenters. The van der Waals surface area contributed by atoms with Crippen LogP contribution in [0.4, 0.5) is 0 Å². The van der Waals surface area contributed by atoms with Gasteiger partial charge in [0.15, 0.2) is 0 Å². The smallest absolute Gasteiger partial charge is 0.0834 e. The Kier molecular flexibility index (Phi) is 10.6. The molecule has 0 aliphatic rings. The Balaban J connectivity index is 5.61. The van der Waals surface area contributed by atoms with Crippen molar-refractivity contribution in [3.05, 3.63) is 97.5 Å². The van der Waals surface area contributed by atoms with Gasteiger partial charge in [-0.1, -0.05) is 87.5 Å². The molecule has 0 aliphatic carbocycles. The minimum atomic E-state index is 0.269. The normalized spacial score (nSPS) is 14.1. The van der Waals surface area contributed by atoms with Crippen molar-refractivity contribution in [2.75, 3.05) is 0 Å². The molecule has 0 amide bonds. The molecule has 0 N–H and O–H groups in total. The number of nitrogens with zero attached hydrogens (tertiary/aromatic N) is 1. The van der Waals surface area contributed by atoms with Gasteiger partial charge in [0.25, 0.3) is 0 Å². The number of hydrogen-bond acceptors (Lipinski definition) is 2. The Hall–Kier alpha value is -2.06. The van der Waals surface area contributed by atoms with Gasteiger partial charge in [0.05, 0.1) is 5.71 Å². The molecule has 0 aliphatic heterocycles. The Morgan fingerprint density at radius 1 is 1.14 bits per heavy atom. The zero-order valence-electron chi connectivity index (χ0n) is 12.7. The first kappa shape index (κ1) is 18.9. The molecule has 1 unspecified atom stereocenters. The molecule has 0 aromatic carbocycles. The van der Waals surface area contributed by atoms with Gasteiger partial charge in [-0.2, -0.15) is 0 Å². The van der Waals surface area contributed by atoms with Crippen LogP contribution in [0.1, 0.15) is 6.92 Å². The lowest BCUT2D eigenvalue weighted by molar-refractivity contribution is 0.940. The van der Waals surface area contributed by atoms with E-state index in [1.807, 2.05) is 37.3 Å². The summed E-state index contributed by atoms with van der Waals surface area (Å²) in [6, 6.07) is 0. The quantitative estimate of drug-likeness (QED) is 0.273. The molecule has 0 radical (unpaired) electrons. The molecule has 0 saturated carbocycles. The molecular weight excluding hydrogens is 274 g/mol. The van der Waals surface area contributed by atoms with Gasteiger partial charge in [-0.15, -0.1) is 6.58 Å². The van der Waals surface area contributed by atoms with E-state index in [2.05, 4.69) is 37.9 Å². The Labute approximate surface area is 133 Å². The van der Waals surface area contributed by atoms with E-state index in [4.69, 9.17) is 0 Å². The topological polar surface area (TPSA) is 12.4 Å². The molecule has 2 heteroatoms. The first-order valence-electron chi connectivity index (χ1n) is 6.56. The van der Waals surface area contributed by atoms with Crippen LogP contribution in [-0.2, 0) is 0 Å². The summed E-state index contributed by atoms with van der Waals surface area (Å²) >= 11 is 1.44. The predicted octanol–water partition coefficient (Wildman–Crippen LogP) is 6.01. The number of aliphatic imine (C=N–C) groups is 1. The molecule has 0 bridgehead atoms. The minimum Gasteiger partial charge on any atom is -0.255 e. The minimum absolute atomic E-state index is 0.269. The summed E-state index contributed by atoms with van der Waals surface area (Å²) in [7, 11) is 0. The molecule has 0 fully saturated rings. The lowest BCUT2D eigenvalue weighted by Gasteiger charge is -2.08. The summed E-state index contributed by atoms with van der Waals surface area (Å²) in [5.41, 5.74) is 1.70. The highest BCUT2D eigenvalue weighted by atomic mass is 32.2. The van der Waals surface area contributed by atoms with Crippen LogP contribution in [0.25, 0.3) is 0 Å². The molecule has 0 rings (SSSR count).